The van der Waals surface area contributed by atoms with Crippen LogP contribution in [0.25, 0.3) is 0 Å². The number of aryl methyl sites for hydroxylation is 2. The van der Waals surface area contributed by atoms with Gasteiger partial charge in [-0.25, -0.2) is 8.42 Å². The standard InChI is InChI=1S/C14H17N3O3S2/c1-11-16-17-14(21-11)15-13(18)10-22(19,20)9-5-8-12-6-3-2-4-7-12/h2-4,6-7H,5,8-10H2,1H3,(H,15,17,18). The zero-order chi connectivity index (χ0) is 16.0. The second-order valence-electron chi connectivity index (χ2n) is 4.86. The van der Waals surface area contributed by atoms with Crippen LogP contribution in [0.5, 0.6) is 0 Å². The van der Waals surface area contributed by atoms with Gasteiger partial charge >= 0.3 is 0 Å². The maximum Gasteiger partial charge on any atom is 0.241 e. The molecule has 1 amide bonds. The predicted molar refractivity (Wildman–Crippen MR) is 86.7 cm³/mol. The van der Waals surface area contributed by atoms with Crippen molar-refractivity contribution in [3.05, 3.63) is 40.9 Å². The number of anilines is 1. The topological polar surface area (TPSA) is 89.0 Å². The van der Waals surface area contributed by atoms with Gasteiger partial charge in [-0.05, 0) is 25.3 Å². The number of benzene rings is 1. The first-order valence-electron chi connectivity index (χ1n) is 6.79. The first kappa shape index (κ1) is 16.6. The molecule has 6 nitrogen and oxygen atoms in total. The molecule has 0 atom stereocenters. The molecule has 2 rings (SSSR count). The van der Waals surface area contributed by atoms with Crippen molar-refractivity contribution < 1.29 is 13.2 Å². The summed E-state index contributed by atoms with van der Waals surface area (Å²) in [6, 6.07) is 9.66. The van der Waals surface area contributed by atoms with Gasteiger partial charge in [0.05, 0.1) is 5.75 Å². The lowest BCUT2D eigenvalue weighted by atomic mass is 10.1. The molecule has 0 aliphatic rings. The summed E-state index contributed by atoms with van der Waals surface area (Å²) in [6.07, 6.45) is 1.18. The number of sulfone groups is 1. The van der Waals surface area contributed by atoms with Crippen LogP contribution in [0.4, 0.5) is 5.13 Å². The second-order valence-corrected chi connectivity index (χ2v) is 8.22. The molecule has 2 aromatic rings. The molecule has 0 aliphatic heterocycles. The molecule has 0 fully saturated rings. The third-order valence-corrected chi connectivity index (χ3v) is 5.25. The van der Waals surface area contributed by atoms with E-state index < -0.39 is 21.5 Å². The van der Waals surface area contributed by atoms with Crippen LogP contribution in [-0.4, -0.2) is 36.0 Å². The van der Waals surface area contributed by atoms with E-state index in [4.69, 9.17) is 0 Å². The summed E-state index contributed by atoms with van der Waals surface area (Å²) in [7, 11) is -3.42. The van der Waals surface area contributed by atoms with E-state index in [0.717, 1.165) is 5.56 Å². The number of rotatable bonds is 7. The first-order valence-corrected chi connectivity index (χ1v) is 9.43. The molecule has 0 spiro atoms. The number of hydrogen-bond donors (Lipinski definition) is 1. The van der Waals surface area contributed by atoms with Crippen LogP contribution >= 0.6 is 11.3 Å². The molecule has 0 saturated heterocycles. The van der Waals surface area contributed by atoms with Crippen LogP contribution in [0.2, 0.25) is 0 Å². The van der Waals surface area contributed by atoms with Crippen molar-refractivity contribution in [1.82, 2.24) is 10.2 Å². The summed E-state index contributed by atoms with van der Waals surface area (Å²) < 4.78 is 23.9. The smallest absolute Gasteiger partial charge is 0.241 e. The number of amides is 1. The van der Waals surface area contributed by atoms with Gasteiger partial charge in [0.25, 0.3) is 0 Å². The van der Waals surface area contributed by atoms with Crippen molar-refractivity contribution in [2.24, 2.45) is 0 Å². The van der Waals surface area contributed by atoms with Crippen LogP contribution in [0, 0.1) is 6.92 Å². The van der Waals surface area contributed by atoms with Crippen LogP contribution in [0.15, 0.2) is 30.3 Å². The lowest BCUT2D eigenvalue weighted by Crippen LogP contribution is -2.24. The zero-order valence-electron chi connectivity index (χ0n) is 12.2. The van der Waals surface area contributed by atoms with E-state index in [1.807, 2.05) is 30.3 Å². The summed E-state index contributed by atoms with van der Waals surface area (Å²) in [4.78, 5) is 11.7. The molecule has 0 unspecified atom stereocenters. The third-order valence-electron chi connectivity index (χ3n) is 2.89. The van der Waals surface area contributed by atoms with Gasteiger partial charge < -0.3 is 0 Å². The van der Waals surface area contributed by atoms with Crippen molar-refractivity contribution in [2.75, 3.05) is 16.8 Å². The molecule has 1 aromatic heterocycles. The summed E-state index contributed by atoms with van der Waals surface area (Å²) in [5, 5.41) is 11.0. The van der Waals surface area contributed by atoms with E-state index in [9.17, 15) is 13.2 Å². The fourth-order valence-electron chi connectivity index (χ4n) is 1.92. The Morgan fingerprint density at radius 2 is 1.95 bits per heavy atom. The molecule has 1 heterocycles. The molecular weight excluding hydrogens is 322 g/mol. The highest BCUT2D eigenvalue weighted by Gasteiger charge is 2.17. The Labute approximate surface area is 133 Å². The monoisotopic (exact) mass is 339 g/mol. The van der Waals surface area contributed by atoms with E-state index in [2.05, 4.69) is 15.5 Å². The van der Waals surface area contributed by atoms with E-state index in [1.54, 1.807) is 6.92 Å². The number of nitrogens with zero attached hydrogens (tertiary/aromatic N) is 2. The van der Waals surface area contributed by atoms with Gasteiger partial charge in [0, 0.05) is 0 Å². The normalized spacial score (nSPS) is 11.3. The summed E-state index contributed by atoms with van der Waals surface area (Å²) >= 11 is 1.21. The van der Waals surface area contributed by atoms with Crippen molar-refractivity contribution in [3.63, 3.8) is 0 Å². The van der Waals surface area contributed by atoms with Gasteiger partial charge in [-0.1, -0.05) is 41.7 Å². The highest BCUT2D eigenvalue weighted by Crippen LogP contribution is 2.13. The third kappa shape index (κ3) is 5.53. The van der Waals surface area contributed by atoms with Crippen LogP contribution in [0.3, 0.4) is 0 Å². The Bertz CT molecular complexity index is 727. The second kappa shape index (κ2) is 7.46. The number of carbonyl (C=O) groups is 1. The fourth-order valence-corrected chi connectivity index (χ4v) is 3.72. The lowest BCUT2D eigenvalue weighted by molar-refractivity contribution is -0.113. The molecule has 0 bridgehead atoms. The van der Waals surface area contributed by atoms with Crippen LogP contribution < -0.4 is 5.32 Å². The van der Waals surface area contributed by atoms with Crippen molar-refractivity contribution in [1.29, 1.82) is 0 Å². The largest absolute Gasteiger partial charge is 0.300 e. The molecule has 22 heavy (non-hydrogen) atoms. The minimum atomic E-state index is -3.42. The van der Waals surface area contributed by atoms with Crippen molar-refractivity contribution >= 4 is 32.2 Å². The van der Waals surface area contributed by atoms with E-state index in [0.29, 0.717) is 23.0 Å². The maximum absolute atomic E-state index is 11.9. The lowest BCUT2D eigenvalue weighted by Gasteiger charge is -2.04. The Balaban J connectivity index is 1.79. The van der Waals surface area contributed by atoms with Crippen LogP contribution in [0.1, 0.15) is 17.0 Å². The maximum atomic E-state index is 11.9. The van der Waals surface area contributed by atoms with Crippen LogP contribution in [-0.2, 0) is 21.1 Å². The Morgan fingerprint density at radius 3 is 2.59 bits per heavy atom. The zero-order valence-corrected chi connectivity index (χ0v) is 13.8. The highest BCUT2D eigenvalue weighted by atomic mass is 32.2. The number of aromatic nitrogens is 2. The Kier molecular flexibility index (Phi) is 5.62. The average molecular weight is 339 g/mol. The number of hydrogen-bond acceptors (Lipinski definition) is 6. The number of carbonyl (C=O) groups excluding carboxylic acids is 1. The van der Waals surface area contributed by atoms with E-state index >= 15 is 0 Å². The van der Waals surface area contributed by atoms with Crippen molar-refractivity contribution in [3.8, 4) is 0 Å². The molecule has 0 saturated carbocycles. The fraction of sp³-hybridized carbons (Fsp3) is 0.357. The Hall–Kier alpha value is -1.80. The molecule has 1 N–H and O–H groups in total. The summed E-state index contributed by atoms with van der Waals surface area (Å²) in [5.74, 6) is -1.11. The molecular formula is C14H17N3O3S2. The van der Waals surface area contributed by atoms with Gasteiger partial charge in [0.15, 0.2) is 9.84 Å². The van der Waals surface area contributed by atoms with Crippen molar-refractivity contribution in [2.45, 2.75) is 19.8 Å². The van der Waals surface area contributed by atoms with Gasteiger partial charge in [0.1, 0.15) is 10.8 Å². The molecule has 118 valence electrons. The van der Waals surface area contributed by atoms with Gasteiger partial charge in [-0.2, -0.15) is 0 Å². The van der Waals surface area contributed by atoms with E-state index in [-0.39, 0.29) is 5.75 Å². The molecule has 8 heteroatoms. The van der Waals surface area contributed by atoms with Gasteiger partial charge in [0.2, 0.25) is 11.0 Å². The average Bonchev–Trinajstić information content (AvgIpc) is 2.84. The minimum Gasteiger partial charge on any atom is -0.300 e. The predicted octanol–water partition coefficient (Wildman–Crippen LogP) is 1.83. The van der Waals surface area contributed by atoms with Gasteiger partial charge in [-0.15, -0.1) is 10.2 Å². The summed E-state index contributed by atoms with van der Waals surface area (Å²) in [5.41, 5.74) is 1.09. The van der Waals surface area contributed by atoms with Gasteiger partial charge in [-0.3, -0.25) is 10.1 Å². The SMILES string of the molecule is Cc1nnc(NC(=O)CS(=O)(=O)CCCc2ccccc2)s1. The highest BCUT2D eigenvalue weighted by molar-refractivity contribution is 7.92. The molecule has 0 radical (unpaired) electrons. The molecule has 1 aromatic carbocycles. The molecule has 0 aliphatic carbocycles. The Morgan fingerprint density at radius 1 is 1.23 bits per heavy atom. The van der Waals surface area contributed by atoms with E-state index in [1.165, 1.54) is 11.3 Å². The quantitative estimate of drug-likeness (QED) is 0.831. The minimum absolute atomic E-state index is 0.00946. The summed E-state index contributed by atoms with van der Waals surface area (Å²) in [6.45, 7) is 1.76. The first-order chi connectivity index (χ1) is 10.4. The number of nitrogens with one attached hydrogen (secondary N) is 1.